The fraction of sp³-hybridized carbons (Fsp3) is 0.467. The van der Waals surface area contributed by atoms with Crippen LogP contribution in [0.5, 0.6) is 0 Å². The summed E-state index contributed by atoms with van der Waals surface area (Å²) >= 11 is 3.38. The summed E-state index contributed by atoms with van der Waals surface area (Å²) in [5, 5.41) is 0. The van der Waals surface area contributed by atoms with Crippen molar-refractivity contribution >= 4 is 21.6 Å². The SMILES string of the molecule is O=c1cc(CN2CCCCCC2)nc2ccc(Br)cn12. The Morgan fingerprint density at radius 2 is 1.90 bits per heavy atom. The molecule has 0 aliphatic carbocycles. The largest absolute Gasteiger partial charge is 0.298 e. The quantitative estimate of drug-likeness (QED) is 0.846. The molecule has 0 N–H and O–H groups in total. The van der Waals surface area contributed by atoms with Gasteiger partial charge in [0.25, 0.3) is 5.56 Å². The summed E-state index contributed by atoms with van der Waals surface area (Å²) in [6.45, 7) is 3.00. The van der Waals surface area contributed by atoms with Crippen molar-refractivity contribution in [1.29, 1.82) is 0 Å². The van der Waals surface area contributed by atoms with Crippen LogP contribution in [-0.4, -0.2) is 27.4 Å². The number of likely N-dealkylation sites (tertiary alicyclic amines) is 1. The maximum absolute atomic E-state index is 12.1. The zero-order chi connectivity index (χ0) is 13.9. The summed E-state index contributed by atoms with van der Waals surface area (Å²) in [4.78, 5) is 19.2. The Labute approximate surface area is 126 Å². The Bertz CT molecular complexity index is 660. The second kappa shape index (κ2) is 6.06. The lowest BCUT2D eigenvalue weighted by Gasteiger charge is -2.19. The number of pyridine rings is 1. The summed E-state index contributed by atoms with van der Waals surface area (Å²) < 4.78 is 2.46. The van der Waals surface area contributed by atoms with Gasteiger partial charge in [0, 0.05) is 23.3 Å². The van der Waals surface area contributed by atoms with Gasteiger partial charge in [0.2, 0.25) is 0 Å². The Kier molecular flexibility index (Phi) is 4.17. The zero-order valence-electron chi connectivity index (χ0n) is 11.4. The third kappa shape index (κ3) is 3.10. The minimum Gasteiger partial charge on any atom is -0.298 e. The summed E-state index contributed by atoms with van der Waals surface area (Å²) in [7, 11) is 0. The molecule has 3 heterocycles. The van der Waals surface area contributed by atoms with Crippen molar-refractivity contribution < 1.29 is 0 Å². The molecule has 0 aromatic carbocycles. The van der Waals surface area contributed by atoms with Crippen LogP contribution in [0.3, 0.4) is 0 Å². The molecule has 0 radical (unpaired) electrons. The van der Waals surface area contributed by atoms with Crippen molar-refractivity contribution in [1.82, 2.24) is 14.3 Å². The third-order valence-corrected chi connectivity index (χ3v) is 4.23. The molecule has 1 aliphatic heterocycles. The topological polar surface area (TPSA) is 37.6 Å². The molecule has 1 saturated heterocycles. The first-order chi connectivity index (χ1) is 9.72. The minimum absolute atomic E-state index is 0.0129. The highest BCUT2D eigenvalue weighted by molar-refractivity contribution is 9.10. The number of aromatic nitrogens is 2. The van der Waals surface area contributed by atoms with Gasteiger partial charge in [-0.3, -0.25) is 14.1 Å². The smallest absolute Gasteiger partial charge is 0.258 e. The van der Waals surface area contributed by atoms with Gasteiger partial charge in [-0.1, -0.05) is 12.8 Å². The van der Waals surface area contributed by atoms with Gasteiger partial charge in [-0.05, 0) is 54.0 Å². The standard InChI is InChI=1S/C15H18BrN3O/c16-12-5-6-14-17-13(9-15(20)19(14)10-12)11-18-7-3-1-2-4-8-18/h5-6,9-10H,1-4,7-8,11H2. The molecule has 4 nitrogen and oxygen atoms in total. The molecule has 1 fully saturated rings. The Hall–Kier alpha value is -1.20. The van der Waals surface area contributed by atoms with E-state index in [1.165, 1.54) is 25.7 Å². The molecule has 20 heavy (non-hydrogen) atoms. The molecule has 0 spiro atoms. The highest BCUT2D eigenvalue weighted by atomic mass is 79.9. The molecule has 0 saturated carbocycles. The van der Waals surface area contributed by atoms with Gasteiger partial charge in [-0.25, -0.2) is 4.98 Å². The Balaban J connectivity index is 1.88. The van der Waals surface area contributed by atoms with Crippen LogP contribution in [0.25, 0.3) is 5.65 Å². The van der Waals surface area contributed by atoms with E-state index in [0.717, 1.165) is 29.8 Å². The second-order valence-corrected chi connectivity index (χ2v) is 6.27. The van der Waals surface area contributed by atoms with Crippen LogP contribution in [0.1, 0.15) is 31.4 Å². The van der Waals surface area contributed by atoms with E-state index >= 15 is 0 Å². The number of nitrogens with zero attached hydrogens (tertiary/aromatic N) is 3. The highest BCUT2D eigenvalue weighted by Crippen LogP contribution is 2.13. The lowest BCUT2D eigenvalue weighted by atomic mass is 10.2. The summed E-state index contributed by atoms with van der Waals surface area (Å²) in [6.07, 6.45) is 6.90. The average molecular weight is 336 g/mol. The van der Waals surface area contributed by atoms with Crippen LogP contribution in [0.4, 0.5) is 0 Å². The third-order valence-electron chi connectivity index (χ3n) is 3.76. The molecule has 3 rings (SSSR count). The van der Waals surface area contributed by atoms with Gasteiger partial charge in [0.15, 0.2) is 0 Å². The molecule has 0 bridgehead atoms. The number of rotatable bonds is 2. The molecular weight excluding hydrogens is 318 g/mol. The first-order valence-electron chi connectivity index (χ1n) is 7.12. The van der Waals surface area contributed by atoms with E-state index in [4.69, 9.17) is 0 Å². The molecule has 1 aliphatic rings. The van der Waals surface area contributed by atoms with E-state index in [2.05, 4.69) is 25.8 Å². The van der Waals surface area contributed by atoms with Gasteiger partial charge in [-0.15, -0.1) is 0 Å². The molecule has 2 aromatic heterocycles. The van der Waals surface area contributed by atoms with E-state index < -0.39 is 0 Å². The molecule has 5 heteroatoms. The summed E-state index contributed by atoms with van der Waals surface area (Å²) in [6, 6.07) is 5.44. The van der Waals surface area contributed by atoms with Crippen molar-refractivity contribution in [2.75, 3.05) is 13.1 Å². The van der Waals surface area contributed by atoms with Crippen LogP contribution >= 0.6 is 15.9 Å². The normalized spacial score (nSPS) is 17.2. The molecular formula is C15H18BrN3O. The van der Waals surface area contributed by atoms with Crippen LogP contribution in [0, 0.1) is 0 Å². The van der Waals surface area contributed by atoms with Crippen LogP contribution in [-0.2, 0) is 6.54 Å². The molecule has 0 atom stereocenters. The summed E-state index contributed by atoms with van der Waals surface area (Å²) in [5.74, 6) is 0. The molecule has 2 aromatic rings. The van der Waals surface area contributed by atoms with Gasteiger partial charge in [0.1, 0.15) is 5.65 Å². The van der Waals surface area contributed by atoms with E-state index in [9.17, 15) is 4.79 Å². The number of hydrogen-bond donors (Lipinski definition) is 0. The van der Waals surface area contributed by atoms with Crippen molar-refractivity contribution in [2.24, 2.45) is 0 Å². The molecule has 0 unspecified atom stereocenters. The molecule has 106 valence electrons. The summed E-state index contributed by atoms with van der Waals surface area (Å²) in [5.41, 5.74) is 1.57. The van der Waals surface area contributed by atoms with Crippen molar-refractivity contribution in [2.45, 2.75) is 32.2 Å². The van der Waals surface area contributed by atoms with Gasteiger partial charge < -0.3 is 0 Å². The molecule has 0 amide bonds. The van der Waals surface area contributed by atoms with E-state index in [0.29, 0.717) is 5.65 Å². The van der Waals surface area contributed by atoms with E-state index in [1.807, 2.05) is 12.1 Å². The second-order valence-electron chi connectivity index (χ2n) is 5.35. The minimum atomic E-state index is -0.0129. The maximum Gasteiger partial charge on any atom is 0.258 e. The predicted molar refractivity (Wildman–Crippen MR) is 82.9 cm³/mol. The lowest BCUT2D eigenvalue weighted by molar-refractivity contribution is 0.273. The number of halogens is 1. The predicted octanol–water partition coefficient (Wildman–Crippen LogP) is 2.83. The van der Waals surface area contributed by atoms with E-state index in [1.54, 1.807) is 16.7 Å². The van der Waals surface area contributed by atoms with Gasteiger partial charge in [0.05, 0.1) is 5.69 Å². The van der Waals surface area contributed by atoms with Gasteiger partial charge in [-0.2, -0.15) is 0 Å². The fourth-order valence-electron chi connectivity index (χ4n) is 2.73. The van der Waals surface area contributed by atoms with E-state index in [-0.39, 0.29) is 5.56 Å². The van der Waals surface area contributed by atoms with Crippen LogP contribution in [0.2, 0.25) is 0 Å². The van der Waals surface area contributed by atoms with Gasteiger partial charge >= 0.3 is 0 Å². The van der Waals surface area contributed by atoms with Crippen molar-refractivity contribution in [3.63, 3.8) is 0 Å². The Morgan fingerprint density at radius 1 is 1.15 bits per heavy atom. The highest BCUT2D eigenvalue weighted by Gasteiger charge is 2.11. The Morgan fingerprint density at radius 3 is 2.65 bits per heavy atom. The van der Waals surface area contributed by atoms with Crippen LogP contribution < -0.4 is 5.56 Å². The monoisotopic (exact) mass is 335 g/mol. The van der Waals surface area contributed by atoms with Crippen LogP contribution in [0.15, 0.2) is 33.7 Å². The first kappa shape index (κ1) is 13.8. The number of hydrogen-bond acceptors (Lipinski definition) is 3. The fourth-order valence-corrected chi connectivity index (χ4v) is 3.07. The zero-order valence-corrected chi connectivity index (χ0v) is 13.0. The van der Waals surface area contributed by atoms with Crippen molar-refractivity contribution in [3.05, 3.63) is 44.9 Å². The lowest BCUT2D eigenvalue weighted by Crippen LogP contribution is -2.26. The van der Waals surface area contributed by atoms with Crippen molar-refractivity contribution in [3.8, 4) is 0 Å². The average Bonchev–Trinajstić information content (AvgIpc) is 2.68. The first-order valence-corrected chi connectivity index (χ1v) is 7.92. The number of fused-ring (bicyclic) bond motifs is 1. The maximum atomic E-state index is 12.1.